The molecule has 150 valence electrons. The molecule has 1 aliphatic rings. The molecule has 1 aliphatic heterocycles. The molecule has 7 nitrogen and oxygen atoms in total. The molecule has 0 radical (unpaired) electrons. The molecule has 0 aromatic heterocycles. The van der Waals surface area contributed by atoms with Gasteiger partial charge in [0, 0.05) is 18.5 Å². The maximum Gasteiger partial charge on any atom is 0.338 e. The molecule has 2 aromatic carbocycles. The second-order valence-corrected chi connectivity index (χ2v) is 6.95. The molecule has 2 aromatic rings. The van der Waals surface area contributed by atoms with Crippen LogP contribution < -0.4 is 10.2 Å². The number of nitrogens with one attached hydrogen (secondary N) is 1. The van der Waals surface area contributed by atoms with Gasteiger partial charge in [0.2, 0.25) is 5.91 Å². The summed E-state index contributed by atoms with van der Waals surface area (Å²) in [5.74, 6) is -1.54. The average molecular weight is 415 g/mol. The first kappa shape index (κ1) is 20.5. The summed E-state index contributed by atoms with van der Waals surface area (Å²) in [5.41, 5.74) is 1.34. The summed E-state index contributed by atoms with van der Waals surface area (Å²) < 4.78 is 5.06. The molecule has 1 N–H and O–H groups in total. The maximum absolute atomic E-state index is 12.3. The molecule has 0 saturated carbocycles. The van der Waals surface area contributed by atoms with E-state index in [1.54, 1.807) is 24.3 Å². The molecule has 1 heterocycles. The van der Waals surface area contributed by atoms with Crippen molar-refractivity contribution in [2.45, 2.75) is 19.8 Å². The predicted molar refractivity (Wildman–Crippen MR) is 108 cm³/mol. The molecule has 0 bridgehead atoms. The third-order valence-electron chi connectivity index (χ3n) is 4.46. The fourth-order valence-corrected chi connectivity index (χ4v) is 3.27. The Morgan fingerprint density at radius 2 is 1.93 bits per heavy atom. The van der Waals surface area contributed by atoms with Crippen molar-refractivity contribution in [3.8, 4) is 0 Å². The van der Waals surface area contributed by atoms with Crippen molar-refractivity contribution in [1.29, 1.82) is 0 Å². The molecule has 29 heavy (non-hydrogen) atoms. The topological polar surface area (TPSA) is 92.8 Å². The van der Waals surface area contributed by atoms with Gasteiger partial charge in [0.05, 0.1) is 22.0 Å². The highest BCUT2D eigenvalue weighted by Crippen LogP contribution is 2.30. The Balaban J connectivity index is 1.64. The Bertz CT molecular complexity index is 989. The number of amides is 2. The Morgan fingerprint density at radius 1 is 1.17 bits per heavy atom. The number of benzene rings is 2. The number of anilines is 2. The first-order valence-electron chi connectivity index (χ1n) is 9.03. The molecule has 0 aliphatic carbocycles. The van der Waals surface area contributed by atoms with E-state index in [-0.39, 0.29) is 17.3 Å². The Kier molecular flexibility index (Phi) is 6.29. The maximum atomic E-state index is 12.3. The molecule has 0 unspecified atom stereocenters. The molecule has 2 amide bonds. The van der Waals surface area contributed by atoms with Crippen LogP contribution in [0.25, 0.3) is 0 Å². The zero-order chi connectivity index (χ0) is 21.0. The number of esters is 1. The first-order chi connectivity index (χ1) is 13.9. The van der Waals surface area contributed by atoms with Crippen LogP contribution in [0.15, 0.2) is 42.5 Å². The number of rotatable bonds is 6. The van der Waals surface area contributed by atoms with E-state index in [0.29, 0.717) is 34.9 Å². The van der Waals surface area contributed by atoms with E-state index in [4.69, 9.17) is 16.3 Å². The van der Waals surface area contributed by atoms with Crippen LogP contribution in [0.4, 0.5) is 11.4 Å². The Morgan fingerprint density at radius 3 is 2.62 bits per heavy atom. The summed E-state index contributed by atoms with van der Waals surface area (Å²) in [6.45, 7) is 1.41. The number of hydrogen-bond donors (Lipinski definition) is 1. The highest BCUT2D eigenvalue weighted by atomic mass is 35.5. The van der Waals surface area contributed by atoms with Crippen LogP contribution in [-0.4, -0.2) is 36.7 Å². The van der Waals surface area contributed by atoms with Crippen molar-refractivity contribution in [1.82, 2.24) is 0 Å². The number of nitrogens with zero attached hydrogens (tertiary/aromatic N) is 1. The molecular weight excluding hydrogens is 396 g/mol. The summed E-state index contributed by atoms with van der Waals surface area (Å²) in [4.78, 5) is 49.5. The quantitative estimate of drug-likeness (QED) is 0.577. The smallest absolute Gasteiger partial charge is 0.338 e. The molecule has 1 fully saturated rings. The minimum Gasteiger partial charge on any atom is -0.452 e. The highest BCUT2D eigenvalue weighted by molar-refractivity contribution is 6.34. The molecule has 3 rings (SSSR count). The van der Waals surface area contributed by atoms with Crippen molar-refractivity contribution in [3.63, 3.8) is 0 Å². The Labute approximate surface area is 172 Å². The van der Waals surface area contributed by atoms with Crippen LogP contribution in [0.2, 0.25) is 5.02 Å². The minimum absolute atomic E-state index is 0.0547. The molecule has 1 saturated heterocycles. The van der Waals surface area contributed by atoms with Crippen LogP contribution in [-0.2, 0) is 14.3 Å². The number of halogens is 1. The van der Waals surface area contributed by atoms with Crippen LogP contribution in [0, 0.1) is 0 Å². The van der Waals surface area contributed by atoms with E-state index >= 15 is 0 Å². The van der Waals surface area contributed by atoms with Gasteiger partial charge in [0.15, 0.2) is 12.4 Å². The van der Waals surface area contributed by atoms with Gasteiger partial charge in [-0.2, -0.15) is 0 Å². The van der Waals surface area contributed by atoms with E-state index < -0.39 is 18.5 Å². The number of ketones is 1. The summed E-state index contributed by atoms with van der Waals surface area (Å²) in [5, 5.41) is 2.92. The number of ether oxygens (including phenoxy) is 1. The lowest BCUT2D eigenvalue weighted by Gasteiger charge is -2.18. The van der Waals surface area contributed by atoms with Crippen molar-refractivity contribution >= 4 is 46.5 Å². The highest BCUT2D eigenvalue weighted by Gasteiger charge is 2.25. The van der Waals surface area contributed by atoms with E-state index in [1.807, 2.05) is 0 Å². The standard InChI is InChI=1S/C21H19ClN2O5/c1-13(25)15-5-2-3-6-17(15)23-19(26)12-29-21(28)14-8-9-16(22)18(11-14)24-10-4-7-20(24)27/h2-3,5-6,8-9,11H,4,7,10,12H2,1H3,(H,23,26). The lowest BCUT2D eigenvalue weighted by Crippen LogP contribution is -2.25. The first-order valence-corrected chi connectivity index (χ1v) is 9.41. The number of carbonyl (C=O) groups excluding carboxylic acids is 4. The predicted octanol–water partition coefficient (Wildman–Crippen LogP) is 3.46. The fraction of sp³-hybridized carbons (Fsp3) is 0.238. The van der Waals surface area contributed by atoms with Gasteiger partial charge < -0.3 is 15.0 Å². The van der Waals surface area contributed by atoms with Crippen molar-refractivity contribution in [3.05, 3.63) is 58.6 Å². The summed E-state index contributed by atoms with van der Waals surface area (Å²) in [6.07, 6.45) is 1.17. The van der Waals surface area contributed by atoms with E-state index in [9.17, 15) is 19.2 Å². The Hall–Kier alpha value is -3.19. The number of para-hydroxylation sites is 1. The van der Waals surface area contributed by atoms with Gasteiger partial charge in [-0.25, -0.2) is 4.79 Å². The summed E-state index contributed by atoms with van der Waals surface area (Å²) >= 11 is 6.17. The summed E-state index contributed by atoms with van der Waals surface area (Å²) in [7, 11) is 0. The van der Waals surface area contributed by atoms with E-state index in [0.717, 1.165) is 6.42 Å². The van der Waals surface area contributed by atoms with Gasteiger partial charge in [0.25, 0.3) is 5.91 Å². The van der Waals surface area contributed by atoms with E-state index in [1.165, 1.54) is 30.0 Å². The SMILES string of the molecule is CC(=O)c1ccccc1NC(=O)COC(=O)c1ccc(Cl)c(N2CCCC2=O)c1. The third-order valence-corrected chi connectivity index (χ3v) is 4.78. The van der Waals surface area contributed by atoms with Gasteiger partial charge in [-0.3, -0.25) is 14.4 Å². The minimum atomic E-state index is -0.718. The average Bonchev–Trinajstić information content (AvgIpc) is 3.12. The monoisotopic (exact) mass is 414 g/mol. The van der Waals surface area contributed by atoms with Crippen molar-refractivity contribution < 1.29 is 23.9 Å². The van der Waals surface area contributed by atoms with Crippen LogP contribution in [0.1, 0.15) is 40.5 Å². The number of Topliss-reactive ketones (excluding diaryl/α,β-unsaturated/α-hetero) is 1. The normalized spacial score (nSPS) is 13.3. The van der Waals surface area contributed by atoms with Crippen LogP contribution >= 0.6 is 11.6 Å². The number of carbonyl (C=O) groups is 4. The van der Waals surface area contributed by atoms with Gasteiger partial charge in [0.1, 0.15) is 0 Å². The zero-order valence-electron chi connectivity index (χ0n) is 15.7. The third kappa shape index (κ3) is 4.81. The van der Waals surface area contributed by atoms with Gasteiger partial charge in [-0.1, -0.05) is 23.7 Å². The zero-order valence-corrected chi connectivity index (χ0v) is 16.5. The lowest BCUT2D eigenvalue weighted by molar-refractivity contribution is -0.119. The van der Waals surface area contributed by atoms with Crippen LogP contribution in [0.5, 0.6) is 0 Å². The van der Waals surface area contributed by atoms with Gasteiger partial charge in [-0.05, 0) is 43.7 Å². The largest absolute Gasteiger partial charge is 0.452 e. The van der Waals surface area contributed by atoms with Gasteiger partial charge >= 0.3 is 5.97 Å². The molecule has 8 heteroatoms. The van der Waals surface area contributed by atoms with E-state index in [2.05, 4.69) is 5.32 Å². The second-order valence-electron chi connectivity index (χ2n) is 6.54. The molecule has 0 atom stereocenters. The fourth-order valence-electron chi connectivity index (χ4n) is 3.05. The lowest BCUT2D eigenvalue weighted by atomic mass is 10.1. The van der Waals surface area contributed by atoms with Crippen molar-refractivity contribution in [2.24, 2.45) is 0 Å². The van der Waals surface area contributed by atoms with Gasteiger partial charge in [-0.15, -0.1) is 0 Å². The second kappa shape index (κ2) is 8.87. The van der Waals surface area contributed by atoms with Crippen LogP contribution in [0.3, 0.4) is 0 Å². The summed E-state index contributed by atoms with van der Waals surface area (Å²) in [6, 6.07) is 11.0. The molecule has 0 spiro atoms. The number of hydrogen-bond acceptors (Lipinski definition) is 5. The van der Waals surface area contributed by atoms with Crippen molar-refractivity contribution in [2.75, 3.05) is 23.4 Å². The molecular formula is C21H19ClN2O5.